The summed E-state index contributed by atoms with van der Waals surface area (Å²) in [7, 11) is 0. The normalized spacial score (nSPS) is 11.9. The molecule has 1 atom stereocenters. The number of hydrogen-bond donors (Lipinski definition) is 4. The van der Waals surface area contributed by atoms with Gasteiger partial charge in [-0.25, -0.2) is 0 Å². The second-order valence-corrected chi connectivity index (χ2v) is 6.12. The fraction of sp³-hybridized carbons (Fsp3) is 0.0500. The summed E-state index contributed by atoms with van der Waals surface area (Å²) in [6.45, 7) is 0. The lowest BCUT2D eigenvalue weighted by Gasteiger charge is -2.13. The Morgan fingerprint density at radius 2 is 2.07 bits per heavy atom. The van der Waals surface area contributed by atoms with Crippen LogP contribution in [0.3, 0.4) is 0 Å². The van der Waals surface area contributed by atoms with Crippen LogP contribution in [0, 0.1) is 11.3 Å². The Kier molecular flexibility index (Phi) is 4.16. The minimum atomic E-state index is -0.878. The van der Waals surface area contributed by atoms with Crippen molar-refractivity contribution in [1.29, 1.82) is 5.26 Å². The first-order chi connectivity index (χ1) is 13.2. The molecule has 0 saturated heterocycles. The summed E-state index contributed by atoms with van der Waals surface area (Å²) >= 11 is 0. The van der Waals surface area contributed by atoms with Gasteiger partial charge in [0, 0.05) is 28.9 Å². The molecule has 0 radical (unpaired) electrons. The minimum absolute atomic E-state index is 0.350. The molecule has 1 amide bonds. The molecule has 2 heterocycles. The Labute approximate surface area is 154 Å². The number of nitriles is 1. The molecule has 27 heavy (non-hydrogen) atoms. The predicted molar refractivity (Wildman–Crippen MR) is 103 cm³/mol. The van der Waals surface area contributed by atoms with Crippen molar-refractivity contribution in [3.05, 3.63) is 72.2 Å². The number of para-hydroxylation sites is 1. The van der Waals surface area contributed by atoms with Crippen molar-refractivity contribution in [2.24, 2.45) is 5.73 Å². The van der Waals surface area contributed by atoms with Gasteiger partial charge in [0.05, 0.1) is 29.0 Å². The summed E-state index contributed by atoms with van der Waals surface area (Å²) in [4.78, 5) is 15.9. The summed E-state index contributed by atoms with van der Waals surface area (Å²) < 4.78 is 0. The van der Waals surface area contributed by atoms with E-state index in [4.69, 9.17) is 11.0 Å². The highest BCUT2D eigenvalue weighted by molar-refractivity contribution is 6.06. The van der Waals surface area contributed by atoms with Crippen molar-refractivity contribution in [3.8, 4) is 17.2 Å². The van der Waals surface area contributed by atoms with E-state index in [9.17, 15) is 4.79 Å². The van der Waals surface area contributed by atoms with Crippen LogP contribution < -0.4 is 11.1 Å². The highest BCUT2D eigenvalue weighted by Gasteiger charge is 2.18. The summed E-state index contributed by atoms with van der Waals surface area (Å²) in [5, 5.41) is 19.6. The molecular formula is C20H16N6O. The van der Waals surface area contributed by atoms with Crippen molar-refractivity contribution >= 4 is 22.5 Å². The van der Waals surface area contributed by atoms with Gasteiger partial charge in [0.25, 0.3) is 0 Å². The topological polar surface area (TPSA) is 123 Å². The van der Waals surface area contributed by atoms with E-state index in [1.165, 1.54) is 0 Å². The number of aromatic nitrogens is 3. The highest BCUT2D eigenvalue weighted by atomic mass is 16.2. The first kappa shape index (κ1) is 16.6. The molecule has 2 aromatic carbocycles. The molecule has 0 unspecified atom stereocenters. The number of nitrogens with one attached hydrogen (secondary N) is 3. The number of benzene rings is 2. The Morgan fingerprint density at radius 3 is 2.85 bits per heavy atom. The first-order valence-electron chi connectivity index (χ1n) is 8.33. The molecule has 0 fully saturated rings. The third kappa shape index (κ3) is 3.05. The van der Waals surface area contributed by atoms with Crippen molar-refractivity contribution < 1.29 is 4.79 Å². The van der Waals surface area contributed by atoms with Crippen LogP contribution in [0.5, 0.6) is 0 Å². The molecule has 0 aliphatic heterocycles. The molecule has 132 valence electrons. The quantitative estimate of drug-likeness (QED) is 0.448. The summed E-state index contributed by atoms with van der Waals surface area (Å²) in [5.41, 5.74) is 10.5. The number of aromatic amines is 2. The van der Waals surface area contributed by atoms with Crippen molar-refractivity contribution in [2.75, 3.05) is 5.32 Å². The third-order valence-electron chi connectivity index (χ3n) is 4.44. The number of carbonyl (C=O) groups is 1. The average Bonchev–Trinajstić information content (AvgIpc) is 3.37. The number of carbonyl (C=O) groups excluding carboxylic acids is 1. The zero-order valence-corrected chi connectivity index (χ0v) is 14.2. The van der Waals surface area contributed by atoms with Crippen LogP contribution in [0.1, 0.15) is 17.2 Å². The number of H-pyrrole nitrogens is 2. The van der Waals surface area contributed by atoms with Crippen LogP contribution in [0.4, 0.5) is 5.69 Å². The Morgan fingerprint density at radius 1 is 1.22 bits per heavy atom. The van der Waals surface area contributed by atoms with Gasteiger partial charge in [-0.1, -0.05) is 24.3 Å². The lowest BCUT2D eigenvalue weighted by Crippen LogP contribution is -2.27. The van der Waals surface area contributed by atoms with Gasteiger partial charge in [0.15, 0.2) is 0 Å². The van der Waals surface area contributed by atoms with E-state index in [2.05, 4.69) is 26.6 Å². The Hall–Kier alpha value is -3.89. The molecule has 2 aromatic heterocycles. The average molecular weight is 356 g/mol. The summed E-state index contributed by atoms with van der Waals surface area (Å²) in [6.07, 6.45) is 5.43. The molecule has 0 spiro atoms. The predicted octanol–water partition coefficient (Wildman–Crippen LogP) is 3.07. The van der Waals surface area contributed by atoms with Crippen molar-refractivity contribution in [2.45, 2.75) is 6.04 Å². The molecule has 4 aromatic rings. The van der Waals surface area contributed by atoms with Crippen LogP contribution in [-0.2, 0) is 4.79 Å². The van der Waals surface area contributed by atoms with Crippen LogP contribution in [0.25, 0.3) is 22.0 Å². The van der Waals surface area contributed by atoms with E-state index in [1.54, 1.807) is 30.5 Å². The molecule has 7 heteroatoms. The van der Waals surface area contributed by atoms with Crippen LogP contribution in [0.2, 0.25) is 0 Å². The molecule has 0 aliphatic carbocycles. The molecule has 0 saturated carbocycles. The van der Waals surface area contributed by atoms with Gasteiger partial charge in [-0.3, -0.25) is 9.89 Å². The van der Waals surface area contributed by atoms with E-state index in [-0.39, 0.29) is 5.91 Å². The van der Waals surface area contributed by atoms with Gasteiger partial charge < -0.3 is 16.0 Å². The van der Waals surface area contributed by atoms with Gasteiger partial charge in [-0.2, -0.15) is 10.4 Å². The second-order valence-electron chi connectivity index (χ2n) is 6.12. The van der Waals surface area contributed by atoms with Gasteiger partial charge in [-0.05, 0) is 23.8 Å². The number of rotatable bonds is 4. The van der Waals surface area contributed by atoms with Gasteiger partial charge in [0.1, 0.15) is 6.04 Å². The number of fused-ring (bicyclic) bond motifs is 1. The largest absolute Gasteiger partial charge is 0.359 e. The van der Waals surface area contributed by atoms with E-state index in [0.717, 1.165) is 22.0 Å². The number of amides is 1. The zero-order valence-electron chi connectivity index (χ0n) is 14.2. The zero-order chi connectivity index (χ0) is 18.8. The van der Waals surface area contributed by atoms with Gasteiger partial charge in [-0.15, -0.1) is 0 Å². The van der Waals surface area contributed by atoms with E-state index in [1.807, 2.05) is 30.6 Å². The minimum Gasteiger partial charge on any atom is -0.359 e. The molecule has 7 nitrogen and oxygen atoms in total. The maximum atomic E-state index is 12.6. The van der Waals surface area contributed by atoms with Crippen molar-refractivity contribution in [3.63, 3.8) is 0 Å². The first-order valence-corrected chi connectivity index (χ1v) is 8.33. The SMILES string of the molecule is N#Cc1cccc([C@@H](N)C(=O)Nc2cccc3c(-c4cn[nH]c4)c[nH]c23)c1. The molecule has 4 rings (SSSR count). The number of hydrogen-bond acceptors (Lipinski definition) is 4. The smallest absolute Gasteiger partial charge is 0.245 e. The molecule has 5 N–H and O–H groups in total. The standard InChI is InChI=1S/C20H16N6O/c21-8-12-3-1-4-13(7-12)18(22)20(27)26-17-6-2-5-15-16(11-23-19(15)17)14-9-24-25-10-14/h1-7,9-11,18,23H,22H2,(H,24,25)(H,26,27)/t18-/m1/s1. The van der Waals surface area contributed by atoms with E-state index < -0.39 is 6.04 Å². The maximum Gasteiger partial charge on any atom is 0.245 e. The maximum absolute atomic E-state index is 12.6. The lowest BCUT2D eigenvalue weighted by atomic mass is 10.0. The molecule has 0 bridgehead atoms. The molecular weight excluding hydrogens is 340 g/mol. The molecule has 0 aliphatic rings. The number of nitrogens with zero attached hydrogens (tertiary/aromatic N) is 2. The van der Waals surface area contributed by atoms with Crippen LogP contribution >= 0.6 is 0 Å². The summed E-state index contributed by atoms with van der Waals surface area (Å²) in [6, 6.07) is 13.6. The van der Waals surface area contributed by atoms with E-state index >= 15 is 0 Å². The number of nitrogens with two attached hydrogens (primary N) is 1. The van der Waals surface area contributed by atoms with Crippen molar-refractivity contribution in [1.82, 2.24) is 15.2 Å². The fourth-order valence-electron chi connectivity index (χ4n) is 3.06. The second kappa shape index (κ2) is 6.78. The van der Waals surface area contributed by atoms with Gasteiger partial charge >= 0.3 is 0 Å². The fourth-order valence-corrected chi connectivity index (χ4v) is 3.06. The van der Waals surface area contributed by atoms with E-state index in [0.29, 0.717) is 16.8 Å². The lowest BCUT2D eigenvalue weighted by molar-refractivity contribution is -0.117. The highest BCUT2D eigenvalue weighted by Crippen LogP contribution is 2.32. The Balaban J connectivity index is 1.63. The number of anilines is 1. The monoisotopic (exact) mass is 356 g/mol. The Bertz CT molecular complexity index is 1150. The summed E-state index contributed by atoms with van der Waals surface area (Å²) in [5.74, 6) is -0.350. The van der Waals surface area contributed by atoms with Crippen LogP contribution in [-0.4, -0.2) is 21.1 Å². The van der Waals surface area contributed by atoms with Crippen LogP contribution in [0.15, 0.2) is 61.1 Å². The van der Waals surface area contributed by atoms with Gasteiger partial charge in [0.2, 0.25) is 5.91 Å². The third-order valence-corrected chi connectivity index (χ3v) is 4.44.